The van der Waals surface area contributed by atoms with Gasteiger partial charge in [-0.15, -0.1) is 0 Å². The molecule has 0 bridgehead atoms. The molecular weight excluding hydrogens is 346 g/mol. The predicted molar refractivity (Wildman–Crippen MR) is 91.2 cm³/mol. The van der Waals surface area contributed by atoms with Crippen LogP contribution < -0.4 is 0 Å². The van der Waals surface area contributed by atoms with E-state index in [1.165, 1.54) is 12.1 Å². The summed E-state index contributed by atoms with van der Waals surface area (Å²) in [4.78, 5) is 14.4. The van der Waals surface area contributed by atoms with Crippen molar-refractivity contribution in [2.45, 2.75) is 0 Å². The summed E-state index contributed by atoms with van der Waals surface area (Å²) in [6, 6.07) is 6.84. The third-order valence-corrected chi connectivity index (χ3v) is 4.10. The second kappa shape index (κ2) is 7.25. The number of nitrogens with zero attached hydrogens (tertiary/aromatic N) is 1. The lowest BCUT2D eigenvalue weighted by Gasteiger charge is -2.26. The summed E-state index contributed by atoms with van der Waals surface area (Å²) in [7, 11) is 1.70. The van der Waals surface area contributed by atoms with E-state index in [9.17, 15) is 22.4 Å². The van der Waals surface area contributed by atoms with E-state index in [1.54, 1.807) is 11.9 Å². The Hall–Kier alpha value is -2.73. The van der Waals surface area contributed by atoms with Gasteiger partial charge in [0.15, 0.2) is 5.78 Å². The standard InChI is InChI=1S/C20H15F4NO/c1-25-10-12(8-14-16(21)4-2-5-17(14)22)20(26)13(11-25)9-15-18(23)6-3-7-19(15)24/h2-9H,10-11H2,1H3/b12-8+,13-9+. The molecule has 0 radical (unpaired) electrons. The van der Waals surface area contributed by atoms with Crippen LogP contribution in [0.4, 0.5) is 17.6 Å². The van der Waals surface area contributed by atoms with Crippen molar-refractivity contribution in [1.82, 2.24) is 4.90 Å². The number of piperidine rings is 1. The van der Waals surface area contributed by atoms with Crippen molar-refractivity contribution in [3.8, 4) is 0 Å². The maximum Gasteiger partial charge on any atom is 0.187 e. The molecule has 1 heterocycles. The fourth-order valence-electron chi connectivity index (χ4n) is 2.86. The summed E-state index contributed by atoms with van der Waals surface area (Å²) >= 11 is 0. The fraction of sp³-hybridized carbons (Fsp3) is 0.150. The van der Waals surface area contributed by atoms with Crippen LogP contribution in [-0.4, -0.2) is 30.8 Å². The summed E-state index contributed by atoms with van der Waals surface area (Å²) in [5, 5.41) is 0. The van der Waals surface area contributed by atoms with E-state index in [-0.39, 0.29) is 35.4 Å². The first-order valence-corrected chi connectivity index (χ1v) is 7.89. The number of likely N-dealkylation sites (N-methyl/N-ethyl adjacent to an activating group) is 1. The molecule has 0 amide bonds. The maximum atomic E-state index is 13.9. The first-order valence-electron chi connectivity index (χ1n) is 7.89. The van der Waals surface area contributed by atoms with Crippen molar-refractivity contribution in [3.63, 3.8) is 0 Å². The van der Waals surface area contributed by atoms with Crippen LogP contribution in [0, 0.1) is 23.3 Å². The van der Waals surface area contributed by atoms with Gasteiger partial charge in [-0.05, 0) is 43.5 Å². The molecule has 6 heteroatoms. The normalized spacial score (nSPS) is 18.7. The van der Waals surface area contributed by atoms with Crippen molar-refractivity contribution >= 4 is 17.9 Å². The molecule has 134 valence electrons. The Morgan fingerprint density at radius 2 is 1.12 bits per heavy atom. The van der Waals surface area contributed by atoms with Crippen LogP contribution in [0.3, 0.4) is 0 Å². The summed E-state index contributed by atoms with van der Waals surface area (Å²) in [5.41, 5.74) is -0.346. The van der Waals surface area contributed by atoms with E-state index in [0.29, 0.717) is 0 Å². The lowest BCUT2D eigenvalue weighted by molar-refractivity contribution is -0.113. The first kappa shape index (κ1) is 18.1. The molecule has 1 fully saturated rings. The summed E-state index contributed by atoms with van der Waals surface area (Å²) < 4.78 is 55.4. The summed E-state index contributed by atoms with van der Waals surface area (Å²) in [6.45, 7) is 0.341. The molecule has 1 saturated heterocycles. The van der Waals surface area contributed by atoms with E-state index < -0.39 is 29.1 Å². The van der Waals surface area contributed by atoms with Gasteiger partial charge in [0.25, 0.3) is 0 Å². The number of rotatable bonds is 2. The second-order valence-corrected chi connectivity index (χ2v) is 6.11. The number of carbonyl (C=O) groups excluding carboxylic acids is 1. The van der Waals surface area contributed by atoms with E-state index in [0.717, 1.165) is 36.4 Å². The van der Waals surface area contributed by atoms with Gasteiger partial charge < -0.3 is 0 Å². The van der Waals surface area contributed by atoms with Gasteiger partial charge in [0, 0.05) is 35.4 Å². The molecule has 3 rings (SSSR count). The van der Waals surface area contributed by atoms with Crippen molar-refractivity contribution < 1.29 is 22.4 Å². The number of hydrogen-bond acceptors (Lipinski definition) is 2. The lowest BCUT2D eigenvalue weighted by atomic mass is 9.94. The van der Waals surface area contributed by atoms with Crippen LogP contribution in [0.25, 0.3) is 12.2 Å². The molecule has 0 spiro atoms. The van der Waals surface area contributed by atoms with Crippen LogP contribution >= 0.6 is 0 Å². The molecule has 2 aromatic rings. The van der Waals surface area contributed by atoms with Crippen molar-refractivity contribution in [2.24, 2.45) is 0 Å². The number of benzene rings is 2. The Balaban J connectivity index is 2.04. The largest absolute Gasteiger partial charge is 0.298 e. The fourth-order valence-corrected chi connectivity index (χ4v) is 2.86. The molecule has 0 aromatic heterocycles. The molecule has 0 unspecified atom stereocenters. The third-order valence-electron chi connectivity index (χ3n) is 4.10. The number of ketones is 1. The zero-order chi connectivity index (χ0) is 18.8. The Morgan fingerprint density at radius 1 is 0.769 bits per heavy atom. The lowest BCUT2D eigenvalue weighted by Crippen LogP contribution is -2.34. The van der Waals surface area contributed by atoms with Crippen LogP contribution in [0.15, 0.2) is 47.5 Å². The van der Waals surface area contributed by atoms with E-state index >= 15 is 0 Å². The van der Waals surface area contributed by atoms with E-state index in [1.807, 2.05) is 0 Å². The minimum Gasteiger partial charge on any atom is -0.298 e. The molecular formula is C20H15F4NO. The maximum absolute atomic E-state index is 13.9. The molecule has 2 nitrogen and oxygen atoms in total. The van der Waals surface area contributed by atoms with Crippen molar-refractivity contribution in [2.75, 3.05) is 20.1 Å². The smallest absolute Gasteiger partial charge is 0.187 e. The molecule has 0 N–H and O–H groups in total. The van der Waals surface area contributed by atoms with Gasteiger partial charge in [0.1, 0.15) is 23.3 Å². The Bertz CT molecular complexity index is 819. The van der Waals surface area contributed by atoms with Crippen molar-refractivity contribution in [3.05, 3.63) is 81.9 Å². The molecule has 0 aliphatic carbocycles. The van der Waals surface area contributed by atoms with Crippen LogP contribution in [0.2, 0.25) is 0 Å². The van der Waals surface area contributed by atoms with Gasteiger partial charge >= 0.3 is 0 Å². The minimum atomic E-state index is -0.788. The van der Waals surface area contributed by atoms with Crippen molar-refractivity contribution in [1.29, 1.82) is 0 Å². The molecule has 1 aliphatic rings. The van der Waals surface area contributed by atoms with E-state index in [2.05, 4.69) is 0 Å². The Kier molecular flexibility index (Phi) is 5.04. The molecule has 1 aliphatic heterocycles. The zero-order valence-electron chi connectivity index (χ0n) is 13.9. The van der Waals surface area contributed by atoms with Crippen LogP contribution in [-0.2, 0) is 4.79 Å². The van der Waals surface area contributed by atoms with E-state index in [4.69, 9.17) is 0 Å². The number of carbonyl (C=O) groups is 1. The predicted octanol–water partition coefficient (Wildman–Crippen LogP) is 4.22. The van der Waals surface area contributed by atoms with Gasteiger partial charge in [-0.1, -0.05) is 12.1 Å². The second-order valence-electron chi connectivity index (χ2n) is 6.11. The number of hydrogen-bond donors (Lipinski definition) is 0. The quantitative estimate of drug-likeness (QED) is 0.590. The number of Topliss-reactive ketones (excluding diaryl/α,β-unsaturated/α-hetero) is 1. The first-order chi connectivity index (χ1) is 12.4. The average molecular weight is 361 g/mol. The highest BCUT2D eigenvalue weighted by molar-refractivity contribution is 6.14. The monoisotopic (exact) mass is 361 g/mol. The van der Waals surface area contributed by atoms with Crippen LogP contribution in [0.5, 0.6) is 0 Å². The topological polar surface area (TPSA) is 20.3 Å². The summed E-state index contributed by atoms with van der Waals surface area (Å²) in [5.74, 6) is -3.64. The van der Waals surface area contributed by atoms with Crippen LogP contribution in [0.1, 0.15) is 11.1 Å². The molecule has 26 heavy (non-hydrogen) atoms. The Labute approximate surface area is 148 Å². The molecule has 0 saturated carbocycles. The van der Waals surface area contributed by atoms with Gasteiger partial charge in [0.2, 0.25) is 0 Å². The highest BCUT2D eigenvalue weighted by atomic mass is 19.1. The van der Waals surface area contributed by atoms with Gasteiger partial charge in [-0.2, -0.15) is 0 Å². The van der Waals surface area contributed by atoms with Gasteiger partial charge in [-0.3, -0.25) is 9.69 Å². The number of likely N-dealkylation sites (tertiary alicyclic amines) is 1. The highest BCUT2D eigenvalue weighted by Gasteiger charge is 2.25. The van der Waals surface area contributed by atoms with Gasteiger partial charge in [-0.25, -0.2) is 17.6 Å². The third kappa shape index (κ3) is 3.60. The molecule has 2 aromatic carbocycles. The summed E-state index contributed by atoms with van der Waals surface area (Å²) in [6.07, 6.45) is 2.29. The zero-order valence-corrected chi connectivity index (χ0v) is 13.9. The average Bonchev–Trinajstić information content (AvgIpc) is 2.58. The molecule has 0 atom stereocenters. The minimum absolute atomic E-state index is 0.144. The SMILES string of the molecule is CN1C/C(=C\c2c(F)cccc2F)C(=O)/C(=C/c2c(F)cccc2F)C1. The van der Waals surface area contributed by atoms with Gasteiger partial charge in [0.05, 0.1) is 0 Å². The highest BCUT2D eigenvalue weighted by Crippen LogP contribution is 2.24. The number of halogens is 4. The Morgan fingerprint density at radius 3 is 1.46 bits per heavy atom.